The lowest BCUT2D eigenvalue weighted by Gasteiger charge is -2.25. The SMILES string of the molecule is CC1(C)O[C@@H]2[C@H](O1)[C@@H](CO)O[C@H]2n1cnc2c(N3CC4(CCCC4)c4c(F)cccc43)nc(Cl)nc21. The Hall–Kier alpha value is -2.37. The van der Waals surface area contributed by atoms with Gasteiger partial charge in [-0.05, 0) is 50.4 Å². The minimum Gasteiger partial charge on any atom is -0.394 e. The maximum atomic E-state index is 15.2. The molecule has 1 spiro atoms. The standard InChI is InChI=1S/C25H27ClFN5O4/c1-24(2)35-18-15(10-33)34-22(19(18)36-24)32-12-28-17-20(29-23(26)30-21(17)32)31-11-25(8-3-4-9-25)16-13(27)6-5-7-14(16)31/h5-7,12,15,18-19,22,33H,3-4,8-11H2,1-2H3/t15-,18-,19-,22-/m1/s1. The predicted molar refractivity (Wildman–Crippen MR) is 129 cm³/mol. The third-order valence-corrected chi connectivity index (χ3v) is 8.21. The van der Waals surface area contributed by atoms with Crippen molar-refractivity contribution in [2.75, 3.05) is 18.1 Å². The van der Waals surface area contributed by atoms with Gasteiger partial charge >= 0.3 is 0 Å². The van der Waals surface area contributed by atoms with Gasteiger partial charge in [0.25, 0.3) is 0 Å². The van der Waals surface area contributed by atoms with Crippen LogP contribution in [0.3, 0.4) is 0 Å². The van der Waals surface area contributed by atoms with Crippen LogP contribution < -0.4 is 4.90 Å². The predicted octanol–water partition coefficient (Wildman–Crippen LogP) is 3.99. The number of imidazole rings is 1. The Morgan fingerprint density at radius 2 is 1.94 bits per heavy atom. The van der Waals surface area contributed by atoms with Gasteiger partial charge in [-0.25, -0.2) is 9.37 Å². The Kier molecular flexibility index (Phi) is 4.95. The average Bonchev–Trinajstić information content (AvgIpc) is 3.63. The Bertz CT molecular complexity index is 1360. The van der Waals surface area contributed by atoms with E-state index in [0.29, 0.717) is 23.5 Å². The van der Waals surface area contributed by atoms with Crippen LogP contribution >= 0.6 is 11.6 Å². The van der Waals surface area contributed by atoms with Crippen molar-refractivity contribution in [3.8, 4) is 0 Å². The number of nitrogens with zero attached hydrogens (tertiary/aromatic N) is 5. The maximum Gasteiger partial charge on any atom is 0.226 e. The fourth-order valence-electron chi connectivity index (χ4n) is 6.66. The van der Waals surface area contributed by atoms with E-state index in [4.69, 9.17) is 25.8 Å². The zero-order valence-electron chi connectivity index (χ0n) is 20.0. The monoisotopic (exact) mass is 515 g/mol. The van der Waals surface area contributed by atoms with Crippen molar-refractivity contribution in [2.24, 2.45) is 0 Å². The lowest BCUT2D eigenvalue weighted by atomic mass is 9.80. The molecule has 1 aromatic carbocycles. The Morgan fingerprint density at radius 3 is 2.72 bits per heavy atom. The van der Waals surface area contributed by atoms with Crippen LogP contribution in [0.2, 0.25) is 5.28 Å². The topological polar surface area (TPSA) is 94.8 Å². The van der Waals surface area contributed by atoms with Gasteiger partial charge in [-0.3, -0.25) is 4.57 Å². The highest BCUT2D eigenvalue weighted by atomic mass is 35.5. The molecule has 3 fully saturated rings. The summed E-state index contributed by atoms with van der Waals surface area (Å²) in [6.07, 6.45) is 3.57. The summed E-state index contributed by atoms with van der Waals surface area (Å²) in [5, 5.41) is 9.95. The summed E-state index contributed by atoms with van der Waals surface area (Å²) < 4.78 is 35.2. The van der Waals surface area contributed by atoms with Crippen molar-refractivity contribution in [2.45, 2.75) is 75.3 Å². The average molecular weight is 516 g/mol. The summed E-state index contributed by atoms with van der Waals surface area (Å²) >= 11 is 6.46. The van der Waals surface area contributed by atoms with E-state index in [-0.39, 0.29) is 23.1 Å². The molecule has 9 nitrogen and oxygen atoms in total. The number of aliphatic hydroxyl groups excluding tert-OH is 1. The van der Waals surface area contributed by atoms with Gasteiger partial charge in [0.2, 0.25) is 5.28 Å². The lowest BCUT2D eigenvalue weighted by molar-refractivity contribution is -0.199. The summed E-state index contributed by atoms with van der Waals surface area (Å²) in [6.45, 7) is 4.08. The van der Waals surface area contributed by atoms with Gasteiger partial charge in [-0.1, -0.05) is 18.9 Å². The molecule has 3 aromatic rings. The molecule has 1 N–H and O–H groups in total. The largest absolute Gasteiger partial charge is 0.394 e. The Morgan fingerprint density at radius 1 is 1.17 bits per heavy atom. The van der Waals surface area contributed by atoms with Gasteiger partial charge in [0.1, 0.15) is 24.1 Å². The minimum atomic E-state index is -0.808. The maximum absolute atomic E-state index is 15.2. The number of hydrogen-bond donors (Lipinski definition) is 1. The molecule has 1 aliphatic carbocycles. The number of aliphatic hydroxyl groups is 1. The summed E-state index contributed by atoms with van der Waals surface area (Å²) in [5.41, 5.74) is 2.33. The molecule has 36 heavy (non-hydrogen) atoms. The van der Waals surface area contributed by atoms with Crippen LogP contribution in [0.15, 0.2) is 24.5 Å². The number of aromatic nitrogens is 4. The number of anilines is 2. The molecule has 0 unspecified atom stereocenters. The normalized spacial score (nSPS) is 30.0. The molecular formula is C25H27ClFN5O4. The molecule has 3 aliphatic heterocycles. The van der Waals surface area contributed by atoms with E-state index in [2.05, 4.69) is 15.0 Å². The van der Waals surface area contributed by atoms with E-state index in [0.717, 1.165) is 36.9 Å². The molecule has 0 bridgehead atoms. The summed E-state index contributed by atoms with van der Waals surface area (Å²) in [7, 11) is 0. The number of benzene rings is 1. The quantitative estimate of drug-likeness (QED) is 0.523. The molecule has 1 saturated carbocycles. The highest BCUT2D eigenvalue weighted by Crippen LogP contribution is 2.54. The van der Waals surface area contributed by atoms with Crippen LogP contribution in [-0.4, -0.2) is 61.9 Å². The Labute approximate surface area is 212 Å². The zero-order chi connectivity index (χ0) is 24.8. The fourth-order valence-corrected chi connectivity index (χ4v) is 6.82. The summed E-state index contributed by atoms with van der Waals surface area (Å²) in [5.74, 6) is -0.449. The van der Waals surface area contributed by atoms with E-state index >= 15 is 4.39 Å². The number of ether oxygens (including phenoxy) is 3. The molecule has 2 saturated heterocycles. The van der Waals surface area contributed by atoms with E-state index in [1.807, 2.05) is 24.8 Å². The van der Waals surface area contributed by atoms with E-state index in [9.17, 15) is 5.11 Å². The summed E-state index contributed by atoms with van der Waals surface area (Å²) in [4.78, 5) is 15.8. The van der Waals surface area contributed by atoms with Crippen molar-refractivity contribution in [1.29, 1.82) is 0 Å². The molecule has 4 atom stereocenters. The highest BCUT2D eigenvalue weighted by molar-refractivity contribution is 6.28. The van der Waals surface area contributed by atoms with Crippen LogP contribution in [-0.2, 0) is 19.6 Å². The summed E-state index contributed by atoms with van der Waals surface area (Å²) in [6, 6.07) is 5.21. The van der Waals surface area contributed by atoms with Crippen LogP contribution in [0.4, 0.5) is 15.9 Å². The van der Waals surface area contributed by atoms with Gasteiger partial charge < -0.3 is 24.2 Å². The van der Waals surface area contributed by atoms with Gasteiger partial charge in [0.05, 0.1) is 12.9 Å². The van der Waals surface area contributed by atoms with Crippen LogP contribution in [0.1, 0.15) is 51.3 Å². The van der Waals surface area contributed by atoms with Gasteiger partial charge in [-0.15, -0.1) is 0 Å². The second kappa shape index (κ2) is 7.82. The minimum absolute atomic E-state index is 0.0572. The molecule has 11 heteroatoms. The molecule has 190 valence electrons. The Balaban J connectivity index is 1.34. The fraction of sp³-hybridized carbons (Fsp3) is 0.560. The number of hydrogen-bond acceptors (Lipinski definition) is 8. The van der Waals surface area contributed by atoms with Gasteiger partial charge in [0, 0.05) is 23.2 Å². The number of rotatable bonds is 3. The van der Waals surface area contributed by atoms with E-state index in [1.54, 1.807) is 17.0 Å². The zero-order valence-corrected chi connectivity index (χ0v) is 20.8. The van der Waals surface area contributed by atoms with E-state index < -0.39 is 30.3 Å². The molecule has 7 rings (SSSR count). The third-order valence-electron chi connectivity index (χ3n) is 8.04. The van der Waals surface area contributed by atoms with Crippen LogP contribution in [0, 0.1) is 5.82 Å². The molecule has 0 amide bonds. The van der Waals surface area contributed by atoms with E-state index in [1.165, 1.54) is 6.07 Å². The molecule has 4 aliphatic rings. The van der Waals surface area contributed by atoms with Crippen molar-refractivity contribution < 1.29 is 23.7 Å². The van der Waals surface area contributed by atoms with Gasteiger partial charge in [-0.2, -0.15) is 9.97 Å². The molecule has 5 heterocycles. The van der Waals surface area contributed by atoms with Crippen molar-refractivity contribution in [1.82, 2.24) is 19.5 Å². The lowest BCUT2D eigenvalue weighted by Crippen LogP contribution is -2.31. The molecule has 2 aromatic heterocycles. The highest BCUT2D eigenvalue weighted by Gasteiger charge is 2.56. The van der Waals surface area contributed by atoms with Crippen LogP contribution in [0.5, 0.6) is 0 Å². The first-order valence-electron chi connectivity index (χ1n) is 12.4. The number of fused-ring (bicyclic) bond motifs is 4. The number of halogens is 2. The second-order valence-corrected chi connectivity index (χ2v) is 11.0. The smallest absolute Gasteiger partial charge is 0.226 e. The van der Waals surface area contributed by atoms with Crippen LogP contribution in [0.25, 0.3) is 11.2 Å². The first-order chi connectivity index (χ1) is 17.3. The van der Waals surface area contributed by atoms with Crippen molar-refractivity contribution >= 4 is 34.3 Å². The molecule has 0 radical (unpaired) electrons. The second-order valence-electron chi connectivity index (χ2n) is 10.7. The van der Waals surface area contributed by atoms with Crippen molar-refractivity contribution in [3.05, 3.63) is 41.2 Å². The third kappa shape index (κ3) is 3.18. The first-order valence-corrected chi connectivity index (χ1v) is 12.8. The van der Waals surface area contributed by atoms with Crippen molar-refractivity contribution in [3.63, 3.8) is 0 Å². The molecular weight excluding hydrogens is 489 g/mol. The van der Waals surface area contributed by atoms with Gasteiger partial charge in [0.15, 0.2) is 29.0 Å². The first kappa shape index (κ1) is 22.8.